The van der Waals surface area contributed by atoms with E-state index in [1.165, 1.54) is 12.3 Å². The Morgan fingerprint density at radius 3 is 2.88 bits per heavy atom. The van der Waals surface area contributed by atoms with Crippen LogP contribution >= 0.6 is 11.6 Å². The quantitative estimate of drug-likeness (QED) is 0.614. The van der Waals surface area contributed by atoms with Crippen LogP contribution in [0.1, 0.15) is 12.8 Å². The van der Waals surface area contributed by atoms with Crippen molar-refractivity contribution in [3.05, 3.63) is 27.4 Å². The summed E-state index contributed by atoms with van der Waals surface area (Å²) in [5, 5.41) is 11.0. The molecule has 2 heterocycles. The van der Waals surface area contributed by atoms with Gasteiger partial charge < -0.3 is 9.47 Å². The second-order valence-corrected chi connectivity index (χ2v) is 4.10. The van der Waals surface area contributed by atoms with Gasteiger partial charge in [0.25, 0.3) is 5.88 Å². The smallest absolute Gasteiger partial charge is 0.332 e. The van der Waals surface area contributed by atoms with Gasteiger partial charge >= 0.3 is 5.69 Å². The molecule has 1 aliphatic rings. The standard InChI is InChI=1S/C10H11ClN2O4/c11-7-5-9(13(14)15)10(12-6-7)17-8-1-3-16-4-2-8/h5-6,8H,1-4H2. The van der Waals surface area contributed by atoms with Gasteiger partial charge in [-0.25, -0.2) is 4.98 Å². The van der Waals surface area contributed by atoms with Crippen molar-refractivity contribution in [2.75, 3.05) is 13.2 Å². The first-order valence-corrected chi connectivity index (χ1v) is 5.59. The van der Waals surface area contributed by atoms with Crippen LogP contribution in [-0.4, -0.2) is 29.2 Å². The van der Waals surface area contributed by atoms with Crippen molar-refractivity contribution in [1.29, 1.82) is 0 Å². The molecule has 1 aromatic heterocycles. The van der Waals surface area contributed by atoms with Crippen molar-refractivity contribution < 1.29 is 14.4 Å². The third kappa shape index (κ3) is 3.04. The lowest BCUT2D eigenvalue weighted by Crippen LogP contribution is -2.26. The maximum atomic E-state index is 10.8. The molecule has 17 heavy (non-hydrogen) atoms. The van der Waals surface area contributed by atoms with Crippen molar-refractivity contribution >= 4 is 17.3 Å². The maximum Gasteiger partial charge on any atom is 0.332 e. The van der Waals surface area contributed by atoms with Gasteiger partial charge in [-0.3, -0.25) is 10.1 Å². The number of nitro groups is 1. The number of ether oxygens (including phenoxy) is 2. The molecule has 0 aromatic carbocycles. The summed E-state index contributed by atoms with van der Waals surface area (Å²) < 4.78 is 10.7. The third-order valence-electron chi connectivity index (χ3n) is 2.44. The number of rotatable bonds is 3. The van der Waals surface area contributed by atoms with Gasteiger partial charge in [0.1, 0.15) is 6.10 Å². The average Bonchev–Trinajstić information content (AvgIpc) is 2.32. The zero-order valence-corrected chi connectivity index (χ0v) is 9.72. The Labute approximate surface area is 103 Å². The van der Waals surface area contributed by atoms with Crippen LogP contribution in [0.15, 0.2) is 12.3 Å². The highest BCUT2D eigenvalue weighted by Gasteiger charge is 2.22. The van der Waals surface area contributed by atoms with E-state index in [1.54, 1.807) is 0 Å². The predicted octanol–water partition coefficient (Wildman–Crippen LogP) is 2.20. The van der Waals surface area contributed by atoms with Gasteiger partial charge in [-0.15, -0.1) is 0 Å². The van der Waals surface area contributed by atoms with Gasteiger partial charge in [0.05, 0.1) is 29.4 Å². The number of hydrogen-bond acceptors (Lipinski definition) is 5. The molecule has 6 nitrogen and oxygen atoms in total. The van der Waals surface area contributed by atoms with Gasteiger partial charge in [-0.2, -0.15) is 0 Å². The Bertz CT molecular complexity index is 421. The Morgan fingerprint density at radius 2 is 2.24 bits per heavy atom. The summed E-state index contributed by atoms with van der Waals surface area (Å²) in [4.78, 5) is 14.1. The minimum absolute atomic E-state index is 0.0197. The highest BCUT2D eigenvalue weighted by atomic mass is 35.5. The van der Waals surface area contributed by atoms with Crippen LogP contribution in [0.4, 0.5) is 5.69 Å². The van der Waals surface area contributed by atoms with Gasteiger partial charge in [0, 0.05) is 18.9 Å². The van der Waals surface area contributed by atoms with Crippen molar-refractivity contribution in [3.63, 3.8) is 0 Å². The number of pyridine rings is 1. The number of nitrogens with zero attached hydrogens (tertiary/aromatic N) is 2. The minimum Gasteiger partial charge on any atom is -0.469 e. The molecule has 0 spiro atoms. The Kier molecular flexibility index (Phi) is 3.75. The fourth-order valence-corrected chi connectivity index (χ4v) is 1.74. The van der Waals surface area contributed by atoms with E-state index in [1.807, 2.05) is 0 Å². The molecule has 0 amide bonds. The van der Waals surface area contributed by atoms with E-state index in [9.17, 15) is 10.1 Å². The van der Waals surface area contributed by atoms with Crippen LogP contribution < -0.4 is 4.74 Å². The third-order valence-corrected chi connectivity index (χ3v) is 2.65. The zero-order valence-electron chi connectivity index (χ0n) is 8.97. The topological polar surface area (TPSA) is 74.5 Å². The predicted molar refractivity (Wildman–Crippen MR) is 60.4 cm³/mol. The van der Waals surface area contributed by atoms with Crippen LogP contribution in [0.3, 0.4) is 0 Å². The van der Waals surface area contributed by atoms with Gasteiger partial charge in [0.2, 0.25) is 0 Å². The monoisotopic (exact) mass is 258 g/mol. The molecule has 1 aromatic rings. The highest BCUT2D eigenvalue weighted by Crippen LogP contribution is 2.29. The fourth-order valence-electron chi connectivity index (χ4n) is 1.59. The SMILES string of the molecule is O=[N+]([O-])c1cc(Cl)cnc1OC1CCOCC1. The molecule has 0 saturated carbocycles. The van der Waals surface area contributed by atoms with Crippen molar-refractivity contribution in [2.24, 2.45) is 0 Å². The molecule has 0 radical (unpaired) electrons. The molecule has 92 valence electrons. The second-order valence-electron chi connectivity index (χ2n) is 3.66. The van der Waals surface area contributed by atoms with Crippen LogP contribution in [-0.2, 0) is 4.74 Å². The lowest BCUT2D eigenvalue weighted by Gasteiger charge is -2.22. The Morgan fingerprint density at radius 1 is 1.53 bits per heavy atom. The largest absolute Gasteiger partial charge is 0.469 e. The first-order valence-electron chi connectivity index (χ1n) is 5.21. The van der Waals surface area contributed by atoms with Crippen molar-refractivity contribution in [3.8, 4) is 5.88 Å². The molecular weight excluding hydrogens is 248 g/mol. The Balaban J connectivity index is 2.16. The van der Waals surface area contributed by atoms with E-state index in [2.05, 4.69) is 4.98 Å². The van der Waals surface area contributed by atoms with E-state index >= 15 is 0 Å². The number of hydrogen-bond donors (Lipinski definition) is 0. The molecule has 1 fully saturated rings. The van der Waals surface area contributed by atoms with E-state index in [0.717, 1.165) is 0 Å². The lowest BCUT2D eigenvalue weighted by molar-refractivity contribution is -0.386. The first kappa shape index (κ1) is 12.1. The lowest BCUT2D eigenvalue weighted by atomic mass is 10.1. The van der Waals surface area contributed by atoms with E-state index < -0.39 is 4.92 Å². The van der Waals surface area contributed by atoms with Gasteiger partial charge in [0.15, 0.2) is 0 Å². The molecule has 1 aliphatic heterocycles. The van der Waals surface area contributed by atoms with Crippen molar-refractivity contribution in [1.82, 2.24) is 4.98 Å². The molecule has 7 heteroatoms. The van der Waals surface area contributed by atoms with Crippen LogP contribution in [0.2, 0.25) is 5.02 Å². The molecule has 0 aliphatic carbocycles. The number of halogens is 1. The summed E-state index contributed by atoms with van der Waals surface area (Å²) in [7, 11) is 0. The molecule has 2 rings (SSSR count). The Hall–Kier alpha value is -1.40. The molecule has 0 bridgehead atoms. The maximum absolute atomic E-state index is 10.8. The number of aromatic nitrogens is 1. The summed E-state index contributed by atoms with van der Waals surface area (Å²) in [6, 6.07) is 1.24. The second kappa shape index (κ2) is 5.29. The van der Waals surface area contributed by atoms with Gasteiger partial charge in [-0.1, -0.05) is 11.6 Å². The molecule has 0 N–H and O–H groups in total. The summed E-state index contributed by atoms with van der Waals surface area (Å²) in [6.45, 7) is 1.21. The summed E-state index contributed by atoms with van der Waals surface area (Å²) >= 11 is 5.66. The van der Waals surface area contributed by atoms with E-state index in [0.29, 0.717) is 26.1 Å². The summed E-state index contributed by atoms with van der Waals surface area (Å²) in [5.41, 5.74) is -0.205. The highest BCUT2D eigenvalue weighted by molar-refractivity contribution is 6.30. The van der Waals surface area contributed by atoms with Crippen LogP contribution in [0, 0.1) is 10.1 Å². The first-order chi connectivity index (χ1) is 8.16. The normalized spacial score (nSPS) is 16.8. The average molecular weight is 259 g/mol. The van der Waals surface area contributed by atoms with Crippen LogP contribution in [0.5, 0.6) is 5.88 Å². The van der Waals surface area contributed by atoms with Crippen LogP contribution in [0.25, 0.3) is 0 Å². The summed E-state index contributed by atoms with van der Waals surface area (Å²) in [6.07, 6.45) is 2.67. The fraction of sp³-hybridized carbons (Fsp3) is 0.500. The molecule has 0 atom stereocenters. The molecule has 0 unspecified atom stereocenters. The van der Waals surface area contributed by atoms with E-state index in [-0.39, 0.29) is 22.7 Å². The summed E-state index contributed by atoms with van der Waals surface area (Å²) in [5.74, 6) is 0.0197. The molecule has 1 saturated heterocycles. The van der Waals surface area contributed by atoms with Gasteiger partial charge in [-0.05, 0) is 0 Å². The minimum atomic E-state index is -0.548. The van der Waals surface area contributed by atoms with Crippen molar-refractivity contribution in [2.45, 2.75) is 18.9 Å². The molecular formula is C10H11ClN2O4. The zero-order chi connectivity index (χ0) is 12.3. The van der Waals surface area contributed by atoms with E-state index in [4.69, 9.17) is 21.1 Å².